The first kappa shape index (κ1) is 9.93. The first-order chi connectivity index (χ1) is 6.77. The second-order valence-corrected chi connectivity index (χ2v) is 4.07. The molecule has 2 rings (SSSR count). The van der Waals surface area contributed by atoms with Crippen LogP contribution in [0.4, 0.5) is 0 Å². The molecule has 3 unspecified atom stereocenters. The summed E-state index contributed by atoms with van der Waals surface area (Å²) in [7, 11) is 0. The summed E-state index contributed by atoms with van der Waals surface area (Å²) in [5, 5.41) is 0. The van der Waals surface area contributed by atoms with E-state index in [2.05, 4.69) is 0 Å². The van der Waals surface area contributed by atoms with Crippen LogP contribution in [0, 0.1) is 0 Å². The monoisotopic (exact) mass is 199 g/mol. The van der Waals surface area contributed by atoms with Crippen LogP contribution < -0.4 is 5.73 Å². The molecule has 14 heavy (non-hydrogen) atoms. The van der Waals surface area contributed by atoms with Gasteiger partial charge < -0.3 is 15.2 Å². The van der Waals surface area contributed by atoms with Crippen LogP contribution >= 0.6 is 0 Å². The second-order valence-electron chi connectivity index (χ2n) is 4.07. The summed E-state index contributed by atoms with van der Waals surface area (Å²) in [6, 6.07) is 0.0946. The molecule has 1 saturated carbocycles. The quantitative estimate of drug-likeness (QED) is 0.661. The van der Waals surface area contributed by atoms with E-state index in [0.29, 0.717) is 13.0 Å². The fourth-order valence-corrected chi connectivity index (χ4v) is 2.11. The molecule has 2 fully saturated rings. The minimum atomic E-state index is -0.357. The normalized spacial score (nSPS) is 38.4. The van der Waals surface area contributed by atoms with Crippen molar-refractivity contribution in [3.8, 4) is 0 Å². The van der Waals surface area contributed by atoms with Crippen LogP contribution in [-0.2, 0) is 14.3 Å². The number of carbonyl (C=O) groups is 1. The lowest BCUT2D eigenvalue weighted by atomic mass is 9.93. The molecule has 1 heterocycles. The second kappa shape index (κ2) is 4.28. The topological polar surface area (TPSA) is 61.6 Å². The van der Waals surface area contributed by atoms with Crippen molar-refractivity contribution in [2.75, 3.05) is 6.61 Å². The lowest BCUT2D eigenvalue weighted by Crippen LogP contribution is -2.42. The highest BCUT2D eigenvalue weighted by molar-refractivity contribution is 5.76. The van der Waals surface area contributed by atoms with E-state index in [4.69, 9.17) is 15.2 Å². The van der Waals surface area contributed by atoms with Gasteiger partial charge in [-0.05, 0) is 12.8 Å². The molecule has 2 aliphatic rings. The summed E-state index contributed by atoms with van der Waals surface area (Å²) in [5.74, 6) is -0.220. The molecule has 0 radical (unpaired) electrons. The number of hydrogen-bond acceptors (Lipinski definition) is 4. The number of carbonyl (C=O) groups excluding carboxylic acids is 1. The van der Waals surface area contributed by atoms with Crippen molar-refractivity contribution in [2.24, 2.45) is 5.73 Å². The van der Waals surface area contributed by atoms with Gasteiger partial charge in [-0.3, -0.25) is 0 Å². The van der Waals surface area contributed by atoms with Crippen LogP contribution in [0.2, 0.25) is 0 Å². The van der Waals surface area contributed by atoms with Gasteiger partial charge in [-0.15, -0.1) is 0 Å². The predicted molar refractivity (Wildman–Crippen MR) is 50.7 cm³/mol. The number of rotatable bonds is 2. The van der Waals surface area contributed by atoms with Gasteiger partial charge in [-0.2, -0.15) is 0 Å². The lowest BCUT2D eigenvalue weighted by molar-refractivity contribution is -0.151. The molecular formula is C10H17NO3. The zero-order chi connectivity index (χ0) is 9.97. The van der Waals surface area contributed by atoms with Crippen LogP contribution in [0.1, 0.15) is 32.1 Å². The van der Waals surface area contributed by atoms with Gasteiger partial charge in [0.1, 0.15) is 0 Å². The van der Waals surface area contributed by atoms with Crippen LogP contribution in [0.5, 0.6) is 0 Å². The maximum absolute atomic E-state index is 11.2. The molecule has 80 valence electrons. The van der Waals surface area contributed by atoms with E-state index in [1.807, 2.05) is 0 Å². The van der Waals surface area contributed by atoms with Crippen LogP contribution in [0.3, 0.4) is 0 Å². The predicted octanol–water partition coefficient (Wildman–Crippen LogP) is 0.588. The Kier molecular flexibility index (Phi) is 3.03. The Morgan fingerprint density at radius 3 is 2.71 bits per heavy atom. The van der Waals surface area contributed by atoms with E-state index in [1.165, 1.54) is 6.42 Å². The van der Waals surface area contributed by atoms with E-state index in [0.717, 1.165) is 19.3 Å². The Morgan fingerprint density at radius 1 is 1.29 bits per heavy atom. The van der Waals surface area contributed by atoms with Gasteiger partial charge in [0.05, 0.1) is 12.7 Å². The minimum Gasteiger partial charge on any atom is -0.464 e. The van der Waals surface area contributed by atoms with Crippen molar-refractivity contribution in [3.63, 3.8) is 0 Å². The van der Waals surface area contributed by atoms with Gasteiger partial charge >= 0.3 is 5.97 Å². The van der Waals surface area contributed by atoms with Crippen molar-refractivity contribution in [1.82, 2.24) is 0 Å². The third-order valence-electron chi connectivity index (χ3n) is 2.98. The first-order valence-electron chi connectivity index (χ1n) is 5.35. The Balaban J connectivity index is 1.86. The zero-order valence-electron chi connectivity index (χ0n) is 8.28. The molecule has 2 N–H and O–H groups in total. The number of nitrogens with two attached hydrogens (primary N) is 1. The molecule has 0 aromatic rings. The standard InChI is InChI=1S/C10H17NO3/c11-7-3-1-2-4-8(7)14-9-5-6-13-10(9)12/h7-9H,1-6,11H2. The highest BCUT2D eigenvalue weighted by atomic mass is 16.6. The Hall–Kier alpha value is -0.610. The van der Waals surface area contributed by atoms with E-state index >= 15 is 0 Å². The average Bonchev–Trinajstić information content (AvgIpc) is 2.56. The summed E-state index contributed by atoms with van der Waals surface area (Å²) < 4.78 is 10.5. The van der Waals surface area contributed by atoms with E-state index < -0.39 is 0 Å². The third kappa shape index (κ3) is 2.07. The first-order valence-corrected chi connectivity index (χ1v) is 5.35. The summed E-state index contributed by atoms with van der Waals surface area (Å²) >= 11 is 0. The molecule has 1 saturated heterocycles. The van der Waals surface area contributed by atoms with Crippen molar-refractivity contribution < 1.29 is 14.3 Å². The minimum absolute atomic E-state index is 0.0550. The highest BCUT2D eigenvalue weighted by Crippen LogP contribution is 2.23. The highest BCUT2D eigenvalue weighted by Gasteiger charge is 2.32. The summed E-state index contributed by atoms with van der Waals surface area (Å²) in [4.78, 5) is 11.2. The van der Waals surface area contributed by atoms with E-state index in [-0.39, 0.29) is 24.2 Å². The number of cyclic esters (lactones) is 1. The third-order valence-corrected chi connectivity index (χ3v) is 2.98. The molecule has 1 aliphatic carbocycles. The SMILES string of the molecule is NC1CCCCC1OC1CCOC1=O. The van der Waals surface area contributed by atoms with Crippen molar-refractivity contribution in [3.05, 3.63) is 0 Å². The average molecular weight is 199 g/mol. The smallest absolute Gasteiger partial charge is 0.335 e. The molecule has 0 amide bonds. The molecule has 3 atom stereocenters. The summed E-state index contributed by atoms with van der Waals surface area (Å²) in [6.07, 6.45) is 4.69. The number of hydrogen-bond donors (Lipinski definition) is 1. The maximum Gasteiger partial charge on any atom is 0.335 e. The maximum atomic E-state index is 11.2. The lowest BCUT2D eigenvalue weighted by Gasteiger charge is -2.29. The molecule has 4 heteroatoms. The van der Waals surface area contributed by atoms with Crippen molar-refractivity contribution in [1.29, 1.82) is 0 Å². The van der Waals surface area contributed by atoms with Crippen LogP contribution in [-0.4, -0.2) is 30.8 Å². The van der Waals surface area contributed by atoms with Gasteiger partial charge in [0.15, 0.2) is 6.10 Å². The van der Waals surface area contributed by atoms with Gasteiger partial charge in [-0.1, -0.05) is 12.8 Å². The van der Waals surface area contributed by atoms with E-state index in [1.54, 1.807) is 0 Å². The molecule has 0 aromatic heterocycles. The molecule has 1 aliphatic heterocycles. The van der Waals surface area contributed by atoms with Gasteiger partial charge in [0.25, 0.3) is 0 Å². The largest absolute Gasteiger partial charge is 0.464 e. The van der Waals surface area contributed by atoms with Crippen molar-refractivity contribution >= 4 is 5.97 Å². The molecular weight excluding hydrogens is 182 g/mol. The summed E-state index contributed by atoms with van der Waals surface area (Å²) in [6.45, 7) is 0.492. The van der Waals surface area contributed by atoms with Crippen molar-refractivity contribution in [2.45, 2.75) is 50.4 Å². The van der Waals surface area contributed by atoms with Gasteiger partial charge in [0, 0.05) is 12.5 Å². The molecule has 0 bridgehead atoms. The summed E-state index contributed by atoms with van der Waals surface area (Å²) in [5.41, 5.74) is 5.93. The molecule has 0 spiro atoms. The van der Waals surface area contributed by atoms with Crippen LogP contribution in [0.25, 0.3) is 0 Å². The molecule has 4 nitrogen and oxygen atoms in total. The zero-order valence-corrected chi connectivity index (χ0v) is 8.28. The molecule has 0 aromatic carbocycles. The Labute approximate surface area is 83.7 Å². The fraction of sp³-hybridized carbons (Fsp3) is 0.900. The number of esters is 1. The fourth-order valence-electron chi connectivity index (χ4n) is 2.11. The number of ether oxygens (including phenoxy) is 2. The van der Waals surface area contributed by atoms with Gasteiger partial charge in [-0.25, -0.2) is 4.79 Å². The van der Waals surface area contributed by atoms with Gasteiger partial charge in [0.2, 0.25) is 0 Å². The Bertz CT molecular complexity index is 219. The Morgan fingerprint density at radius 2 is 2.07 bits per heavy atom. The van der Waals surface area contributed by atoms with Crippen LogP contribution in [0.15, 0.2) is 0 Å². The van der Waals surface area contributed by atoms with E-state index in [9.17, 15) is 4.79 Å².